The Morgan fingerprint density at radius 1 is 1.07 bits per heavy atom. The summed E-state index contributed by atoms with van der Waals surface area (Å²) < 4.78 is 1.63. The van der Waals surface area contributed by atoms with Gasteiger partial charge in [-0.25, -0.2) is 9.50 Å². The second kappa shape index (κ2) is 7.20. The van der Waals surface area contributed by atoms with Crippen molar-refractivity contribution in [3.8, 4) is 22.5 Å². The maximum absolute atomic E-state index is 12.6. The maximum atomic E-state index is 12.6. The van der Waals surface area contributed by atoms with Crippen LogP contribution in [0.4, 0.5) is 5.82 Å². The number of amides is 1. The molecule has 5 heterocycles. The van der Waals surface area contributed by atoms with Gasteiger partial charge in [-0.1, -0.05) is 6.07 Å². The van der Waals surface area contributed by atoms with Crippen molar-refractivity contribution in [2.24, 2.45) is 5.73 Å². The first kappa shape index (κ1) is 18.2. The van der Waals surface area contributed by atoms with E-state index in [0.29, 0.717) is 47.1 Å². The van der Waals surface area contributed by atoms with Crippen molar-refractivity contribution in [1.82, 2.24) is 29.5 Å². The quantitative estimate of drug-likeness (QED) is 0.534. The number of nitrogen functional groups attached to an aromatic ring is 1. The molecule has 0 aliphatic carbocycles. The Morgan fingerprint density at radius 2 is 1.97 bits per heavy atom. The van der Waals surface area contributed by atoms with Gasteiger partial charge in [0, 0.05) is 49.5 Å². The van der Waals surface area contributed by atoms with Gasteiger partial charge in [0.15, 0.2) is 11.5 Å². The second-order valence-electron chi connectivity index (χ2n) is 7.32. The van der Waals surface area contributed by atoms with E-state index in [-0.39, 0.29) is 11.9 Å². The Kier molecular flexibility index (Phi) is 4.36. The number of fused-ring (bicyclic) bond motifs is 1. The van der Waals surface area contributed by atoms with E-state index in [2.05, 4.69) is 20.1 Å². The molecule has 4 aromatic heterocycles. The zero-order chi connectivity index (χ0) is 20.7. The highest BCUT2D eigenvalue weighted by Gasteiger charge is 2.24. The lowest BCUT2D eigenvalue weighted by molar-refractivity contribution is 0.0790. The topological polar surface area (TPSA) is 128 Å². The highest BCUT2D eigenvalue weighted by molar-refractivity contribution is 5.94. The number of anilines is 1. The highest BCUT2D eigenvalue weighted by Crippen LogP contribution is 2.28. The summed E-state index contributed by atoms with van der Waals surface area (Å²) in [6.07, 6.45) is 7.65. The van der Waals surface area contributed by atoms with Gasteiger partial charge in [0.2, 0.25) is 0 Å². The summed E-state index contributed by atoms with van der Waals surface area (Å²) in [5, 5.41) is 4.37. The molecule has 0 radical (unpaired) electrons. The van der Waals surface area contributed by atoms with Crippen LogP contribution in [0.5, 0.6) is 0 Å². The number of likely N-dealkylation sites (tertiary alicyclic amines) is 1. The van der Waals surface area contributed by atoms with Crippen molar-refractivity contribution < 1.29 is 4.79 Å². The number of rotatable bonds is 3. The second-order valence-corrected chi connectivity index (χ2v) is 7.32. The van der Waals surface area contributed by atoms with E-state index in [1.54, 1.807) is 40.1 Å². The summed E-state index contributed by atoms with van der Waals surface area (Å²) in [7, 11) is 0. The standard InChI is InChI=1S/C21H20N8O/c22-15-6-8-28(12-15)21(30)13-4-5-16(25-9-13)14-10-26-20-18(17-3-1-2-7-24-17)19(23)27-29(20)11-14/h1-5,7,9-11,15H,6,8,12,22H2,(H2,23,27). The van der Waals surface area contributed by atoms with Crippen molar-refractivity contribution in [1.29, 1.82) is 0 Å². The molecular weight excluding hydrogens is 380 g/mol. The number of pyridine rings is 2. The van der Waals surface area contributed by atoms with Crippen LogP contribution in [0.2, 0.25) is 0 Å². The van der Waals surface area contributed by atoms with Gasteiger partial charge in [-0.3, -0.25) is 14.8 Å². The third-order valence-electron chi connectivity index (χ3n) is 5.24. The van der Waals surface area contributed by atoms with Crippen molar-refractivity contribution in [2.45, 2.75) is 12.5 Å². The smallest absolute Gasteiger partial charge is 0.255 e. The van der Waals surface area contributed by atoms with Crippen LogP contribution in [0.25, 0.3) is 28.2 Å². The lowest BCUT2D eigenvalue weighted by Crippen LogP contribution is -2.31. The first-order valence-electron chi connectivity index (χ1n) is 9.66. The Balaban J connectivity index is 1.45. The van der Waals surface area contributed by atoms with Gasteiger partial charge in [0.05, 0.1) is 22.5 Å². The minimum Gasteiger partial charge on any atom is -0.382 e. The lowest BCUT2D eigenvalue weighted by atomic mass is 10.1. The van der Waals surface area contributed by atoms with E-state index < -0.39 is 0 Å². The first-order valence-corrected chi connectivity index (χ1v) is 9.66. The minimum atomic E-state index is -0.0459. The van der Waals surface area contributed by atoms with Crippen LogP contribution in [0.1, 0.15) is 16.8 Å². The van der Waals surface area contributed by atoms with Crippen LogP contribution >= 0.6 is 0 Å². The van der Waals surface area contributed by atoms with Crippen LogP contribution in [0.3, 0.4) is 0 Å². The van der Waals surface area contributed by atoms with Gasteiger partial charge in [-0.2, -0.15) is 0 Å². The first-order chi connectivity index (χ1) is 14.6. The molecule has 4 aromatic rings. The summed E-state index contributed by atoms with van der Waals surface area (Å²) in [5.74, 6) is 0.312. The average Bonchev–Trinajstić information content (AvgIpc) is 3.35. The fourth-order valence-corrected chi connectivity index (χ4v) is 3.69. The molecule has 5 rings (SSSR count). The largest absolute Gasteiger partial charge is 0.382 e. The van der Waals surface area contributed by atoms with Gasteiger partial charge in [0.1, 0.15) is 0 Å². The van der Waals surface area contributed by atoms with Crippen LogP contribution < -0.4 is 11.5 Å². The molecule has 1 aliphatic heterocycles. The van der Waals surface area contributed by atoms with Crippen molar-refractivity contribution in [3.05, 3.63) is 60.7 Å². The van der Waals surface area contributed by atoms with Crippen molar-refractivity contribution in [3.63, 3.8) is 0 Å². The van der Waals surface area contributed by atoms with E-state index in [1.165, 1.54) is 0 Å². The van der Waals surface area contributed by atoms with Crippen LogP contribution in [-0.2, 0) is 0 Å². The van der Waals surface area contributed by atoms with Gasteiger partial charge in [-0.05, 0) is 30.7 Å². The van der Waals surface area contributed by atoms with Crippen LogP contribution in [0.15, 0.2) is 55.1 Å². The SMILES string of the molecule is Nc1nn2cc(-c3ccc(C(=O)N4CCC(N)C4)cn3)cnc2c1-c1ccccn1. The van der Waals surface area contributed by atoms with Gasteiger partial charge in [-0.15, -0.1) is 5.10 Å². The summed E-state index contributed by atoms with van der Waals surface area (Å²) in [5.41, 5.74) is 16.0. The Morgan fingerprint density at radius 3 is 2.67 bits per heavy atom. The summed E-state index contributed by atoms with van der Waals surface area (Å²) >= 11 is 0. The predicted octanol–water partition coefficient (Wildman–Crippen LogP) is 1.61. The summed E-state index contributed by atoms with van der Waals surface area (Å²) in [6, 6.07) is 9.23. The molecule has 1 saturated heterocycles. The van der Waals surface area contributed by atoms with E-state index in [1.807, 2.05) is 24.4 Å². The lowest BCUT2D eigenvalue weighted by Gasteiger charge is -2.15. The fourth-order valence-electron chi connectivity index (χ4n) is 3.69. The monoisotopic (exact) mass is 400 g/mol. The molecule has 9 heteroatoms. The van der Waals surface area contributed by atoms with E-state index in [4.69, 9.17) is 11.5 Å². The molecule has 0 spiro atoms. The number of carbonyl (C=O) groups excluding carboxylic acids is 1. The molecule has 0 saturated carbocycles. The van der Waals surface area contributed by atoms with E-state index in [0.717, 1.165) is 12.0 Å². The zero-order valence-electron chi connectivity index (χ0n) is 16.1. The van der Waals surface area contributed by atoms with E-state index in [9.17, 15) is 4.79 Å². The molecular formula is C21H20N8O. The molecule has 150 valence electrons. The normalized spacial score (nSPS) is 16.3. The predicted molar refractivity (Wildman–Crippen MR) is 112 cm³/mol. The third kappa shape index (κ3) is 3.15. The number of nitrogens with zero attached hydrogens (tertiary/aromatic N) is 6. The van der Waals surface area contributed by atoms with Crippen molar-refractivity contribution >= 4 is 17.4 Å². The highest BCUT2D eigenvalue weighted by atomic mass is 16.2. The fraction of sp³-hybridized carbons (Fsp3) is 0.190. The van der Waals surface area contributed by atoms with Crippen LogP contribution in [0, 0.1) is 0 Å². The summed E-state index contributed by atoms with van der Waals surface area (Å²) in [4.78, 5) is 27.7. The van der Waals surface area contributed by atoms with Crippen molar-refractivity contribution in [2.75, 3.05) is 18.8 Å². The minimum absolute atomic E-state index is 0.0459. The van der Waals surface area contributed by atoms with E-state index >= 15 is 0 Å². The molecule has 9 nitrogen and oxygen atoms in total. The van der Waals surface area contributed by atoms with Gasteiger partial charge in [0.25, 0.3) is 5.91 Å². The molecule has 1 atom stereocenters. The third-order valence-corrected chi connectivity index (χ3v) is 5.24. The van der Waals surface area contributed by atoms with Crippen LogP contribution in [-0.4, -0.2) is 54.5 Å². The molecule has 1 aliphatic rings. The zero-order valence-corrected chi connectivity index (χ0v) is 16.1. The maximum Gasteiger partial charge on any atom is 0.255 e. The number of aromatic nitrogens is 5. The summed E-state index contributed by atoms with van der Waals surface area (Å²) in [6.45, 7) is 1.27. The molecule has 1 unspecified atom stereocenters. The molecule has 1 amide bonds. The number of hydrogen-bond donors (Lipinski definition) is 2. The Labute approximate surface area is 172 Å². The van der Waals surface area contributed by atoms with Gasteiger partial charge < -0.3 is 16.4 Å². The number of nitrogens with two attached hydrogens (primary N) is 2. The molecule has 4 N–H and O–H groups in total. The average molecular weight is 400 g/mol. The number of carbonyl (C=O) groups is 1. The molecule has 0 bridgehead atoms. The Hall–Kier alpha value is -3.85. The molecule has 1 fully saturated rings. The molecule has 30 heavy (non-hydrogen) atoms. The molecule has 0 aromatic carbocycles. The Bertz CT molecular complexity index is 1220. The number of hydrogen-bond acceptors (Lipinski definition) is 7. The van der Waals surface area contributed by atoms with Gasteiger partial charge >= 0.3 is 0 Å².